The number of hydrogen-bond acceptors (Lipinski definition) is 40. The molecule has 0 radical (unpaired) electrons. The van der Waals surface area contributed by atoms with Gasteiger partial charge in [0.2, 0.25) is 53.2 Å². The fourth-order valence-corrected chi connectivity index (χ4v) is 16.9. The summed E-state index contributed by atoms with van der Waals surface area (Å²) in [5.74, 6) is -2.24. The average Bonchev–Trinajstić information content (AvgIpc) is 1.61. The van der Waals surface area contributed by atoms with E-state index in [4.69, 9.17) is 96.9 Å². The summed E-state index contributed by atoms with van der Waals surface area (Å²) in [6.45, 7) is 14.7. The highest BCUT2D eigenvalue weighted by Gasteiger charge is 2.59. The van der Waals surface area contributed by atoms with Crippen molar-refractivity contribution >= 4 is 112 Å². The van der Waals surface area contributed by atoms with Crippen molar-refractivity contribution in [1.82, 2.24) is 98.1 Å². The minimum absolute atomic E-state index is 0.00857. The minimum atomic E-state index is -4.29. The molecule has 0 aliphatic carbocycles. The van der Waals surface area contributed by atoms with Crippen LogP contribution in [0.1, 0.15) is 66.5 Å². The summed E-state index contributed by atoms with van der Waals surface area (Å²) < 4.78 is 141. The van der Waals surface area contributed by atoms with Crippen molar-refractivity contribution in [1.29, 1.82) is 0 Å². The molecule has 46 nitrogen and oxygen atoms in total. The monoisotopic (exact) mass is 1780 g/mol. The molecule has 0 amide bonds. The smallest absolute Gasteiger partial charge is 0.461 e. The van der Waals surface area contributed by atoms with E-state index in [9.17, 15) is 58.9 Å². The van der Waals surface area contributed by atoms with Crippen LogP contribution >= 0.6 is 43.6 Å². The second kappa shape index (κ2) is 37.4. The van der Waals surface area contributed by atoms with Gasteiger partial charge >= 0.3 is 7.75 Å². The summed E-state index contributed by atoms with van der Waals surface area (Å²) in [5, 5.41) is 89.3. The maximum atomic E-state index is 16.4. The van der Waals surface area contributed by atoms with Crippen LogP contribution in [0.25, 0.3) is 44.7 Å². The first-order valence-corrected chi connectivity index (χ1v) is 44.5. The van der Waals surface area contributed by atoms with Crippen LogP contribution in [-0.2, 0) is 41.7 Å². The third-order valence-corrected chi connectivity index (χ3v) is 23.8. The van der Waals surface area contributed by atoms with Crippen molar-refractivity contribution in [3.05, 3.63) is 55.6 Å². The second-order valence-electron chi connectivity index (χ2n) is 28.5. The van der Waals surface area contributed by atoms with Gasteiger partial charge in [-0.15, -0.1) is 0 Å². The van der Waals surface area contributed by atoms with E-state index in [1.165, 1.54) is 96.6 Å². The fraction of sp³-hybridized carbons (Fsp3) is 0.606. The van der Waals surface area contributed by atoms with E-state index in [1.54, 1.807) is 48.8 Å². The molecule has 6 aliphatic heterocycles. The zero-order chi connectivity index (χ0) is 86.6. The lowest BCUT2D eigenvalue weighted by Crippen LogP contribution is -2.46. The Morgan fingerprint density at radius 1 is 0.504 bits per heavy atom. The van der Waals surface area contributed by atoms with Crippen LogP contribution in [0.3, 0.4) is 0 Å². The first kappa shape index (κ1) is 91.8. The van der Waals surface area contributed by atoms with Gasteiger partial charge in [0.1, 0.15) is 65.8 Å². The number of nitrogen functional groups attached to an aromatic ring is 4. The zero-order valence-corrected chi connectivity index (χ0v) is 70.2. The number of nitrogens with one attached hydrogen (secondary N) is 2. The fourth-order valence-electron chi connectivity index (χ4n) is 13.7. The molecule has 2 unspecified atom stereocenters. The lowest BCUT2D eigenvalue weighted by molar-refractivity contribution is -0.0950. The van der Waals surface area contributed by atoms with Crippen molar-refractivity contribution in [3.8, 4) is 29.3 Å². The molecular weight excluding hydrogens is 1680 g/mol. The van der Waals surface area contributed by atoms with Crippen LogP contribution in [0.2, 0.25) is 0 Å². The number of aliphatic hydroxyl groups is 8. The molecule has 656 valence electrons. The van der Waals surface area contributed by atoms with Crippen molar-refractivity contribution in [3.63, 3.8) is 0 Å². The van der Waals surface area contributed by atoms with E-state index in [-0.39, 0.29) is 120 Å². The average molecular weight is 1780 g/mol. The number of nitrogens with zero attached hydrogens (tertiary/aromatic N) is 18. The molecule has 53 heteroatoms. The van der Waals surface area contributed by atoms with Gasteiger partial charge in [0.05, 0.1) is 79.2 Å². The van der Waals surface area contributed by atoms with Crippen LogP contribution in [0.4, 0.5) is 32.6 Å². The van der Waals surface area contributed by atoms with Gasteiger partial charge in [-0.3, -0.25) is 31.9 Å². The lowest BCUT2D eigenvalue weighted by Gasteiger charge is -2.39. The Balaban J connectivity index is 0.000000198. The Morgan fingerprint density at radius 2 is 0.824 bits per heavy atom. The van der Waals surface area contributed by atoms with E-state index in [0.717, 1.165) is 33.1 Å². The molecule has 6 saturated heterocycles. The molecular formula is C66H97Cl2F2N24O22P3. The molecule has 9 aromatic rings. The molecule has 0 spiro atoms. The number of benzene rings is 1. The van der Waals surface area contributed by atoms with Crippen LogP contribution < -0.4 is 57.0 Å². The number of alkyl halides is 2. The van der Waals surface area contributed by atoms with Gasteiger partial charge in [-0.25, -0.2) is 38.0 Å². The van der Waals surface area contributed by atoms with Crippen molar-refractivity contribution in [2.24, 2.45) is 0 Å². The summed E-state index contributed by atoms with van der Waals surface area (Å²) in [6.07, 6.45) is -10.0. The van der Waals surface area contributed by atoms with Crippen LogP contribution in [0.15, 0.2) is 55.6 Å². The SMILES string of the molecule is C1CNCCN1.CCOc1nc(N)nc2c1ncn2[C@@H]1O[C@H](CO)[C@@H](O)[C@@]1(C)F.CCOc1nc(N)nc2c1ncn2[C@@H]1O[C@H](COP(=O)(Oc2ccccc2)N2CCN(P(C)(=O)OC[C@H]3O[C@@H](n4cnc5c(OC)nc(N)nc54)[C@](C)(O)[C@@H]3O)CC2)[C@@H](O)[C@@]1(C)F.COc1nc(N)nc2c1ncn2[C@@H]1O[C@H](CO)[C@@H](O)[C@@]1(C)O.CP(=O)(Cl)Cl. The number of rotatable bonds is 22. The first-order chi connectivity index (χ1) is 56.2. The van der Waals surface area contributed by atoms with Gasteiger partial charge in [-0.1, -0.05) is 18.2 Å². The number of hydrogen-bond donors (Lipinski definition) is 14. The van der Waals surface area contributed by atoms with Crippen LogP contribution in [0, 0.1) is 0 Å². The Bertz CT molecular complexity index is 5090. The quantitative estimate of drug-likeness (QED) is 0.0428. The van der Waals surface area contributed by atoms with E-state index in [1.807, 2.05) is 0 Å². The Hall–Kier alpha value is -7.97. The molecule has 15 rings (SSSR count). The van der Waals surface area contributed by atoms with Gasteiger partial charge in [0, 0.05) is 65.7 Å². The first-order valence-electron chi connectivity index (χ1n) is 37.0. The zero-order valence-electron chi connectivity index (χ0n) is 66.0. The second-order valence-corrected chi connectivity index (χ2v) is 38.7. The number of ether oxygens (including phenoxy) is 8. The van der Waals surface area contributed by atoms with Gasteiger partial charge in [0.15, 0.2) is 80.9 Å². The predicted octanol–water partition coefficient (Wildman–Crippen LogP) is 1.57. The summed E-state index contributed by atoms with van der Waals surface area (Å²) in [4.78, 5) is 49.3. The highest BCUT2D eigenvalue weighted by Crippen LogP contribution is 2.57. The van der Waals surface area contributed by atoms with Crippen molar-refractivity contribution < 1.29 is 115 Å². The van der Waals surface area contributed by atoms with Gasteiger partial charge in [0.25, 0.3) is 7.52 Å². The van der Waals surface area contributed by atoms with Crippen molar-refractivity contribution in [2.45, 2.75) is 138 Å². The molecule has 18 atom stereocenters. The standard InChI is InChI=1S/C36H49FN12O12P2.C13H18FN5O4.C12H17N5O5.C4H10N2.CH3Cl2OP/c1-6-56-30-24-28(43-34(39)45-30)48(18-41-24)31-35(2,37)25(50)21(59-31)17-58-63(54,61-20-10-8-7-9-11-20)47-14-12-46(13-15-47)62(5,53)57-16-22-26(51)36(3,52)32(60-22)49-19-40-23-27(49)42-33(38)44-29(23)55-4;1-3-22-10-7-9(17-12(15)18-10)19(5-16-7)11-13(2,14)8(21)6(4-20)23-11;1-12(20)7(19)5(3-18)22-10(12)17-4-14-6-8(17)15-11(13)16-9(6)21-2;1-2-6-4-3-5-1;1-5(2,3)4/h7-11,18-19,21-22,25-26,31-32,50-52H,6,12-17H2,1-5H3,(H2,38,42,44)(H2,39,43,45);5-6,8,11,20-21H,3-4H2,1-2H3,(H2,15,17,18);4-5,7,10,18-20H,3H2,1-2H3,(H2,13,15,16);5-6H,1-4H2;1H3/t21-,22-,25-,26-,31-,32-,35-,36-,62?,63?;6-,8-,11-,13-;5-,7-,10-,12-;;/m111../s1. The number of para-hydroxylation sites is 1. The van der Waals surface area contributed by atoms with E-state index in [0.29, 0.717) is 23.3 Å². The molecule has 1 aromatic carbocycles. The number of halogens is 4. The third kappa shape index (κ3) is 19.7. The topological polar surface area (TPSA) is 624 Å². The van der Waals surface area contributed by atoms with Gasteiger partial charge in [-0.2, -0.15) is 44.5 Å². The number of fused-ring (bicyclic) bond motifs is 4. The number of piperazine rings is 2. The lowest BCUT2D eigenvalue weighted by atomic mass is 9.96. The Labute approximate surface area is 687 Å². The number of imidazole rings is 4. The highest BCUT2D eigenvalue weighted by molar-refractivity contribution is 8.08. The molecule has 6 fully saturated rings. The summed E-state index contributed by atoms with van der Waals surface area (Å²) in [6, 6.07) is 8.27. The van der Waals surface area contributed by atoms with Crippen LogP contribution in [-0.4, -0.2) is 319 Å². The minimum Gasteiger partial charge on any atom is -0.479 e. The number of nitrogens with two attached hydrogens (primary N) is 4. The maximum Gasteiger partial charge on any atom is 0.461 e. The van der Waals surface area contributed by atoms with E-state index >= 15 is 4.39 Å². The number of aliphatic hydroxyl groups excluding tert-OH is 6. The normalized spacial score (nSPS) is 29.5. The van der Waals surface area contributed by atoms with Gasteiger partial charge in [-0.05, 0) is 76.2 Å². The molecule has 8 aromatic heterocycles. The number of aromatic nitrogens is 16. The summed E-state index contributed by atoms with van der Waals surface area (Å²) >= 11 is 9.70. The Morgan fingerprint density at radius 3 is 1.19 bits per heavy atom. The summed E-state index contributed by atoms with van der Waals surface area (Å²) in [5.41, 5.74) is 16.9. The largest absolute Gasteiger partial charge is 0.479 e. The van der Waals surface area contributed by atoms with E-state index < -0.39 is 137 Å². The summed E-state index contributed by atoms with van der Waals surface area (Å²) in [7, 11) is -5.10. The van der Waals surface area contributed by atoms with E-state index in [2.05, 4.69) is 70.4 Å². The molecule has 119 heavy (non-hydrogen) atoms. The Kier molecular flexibility index (Phi) is 28.8. The molecule has 14 heterocycles. The highest BCUT2D eigenvalue weighted by atomic mass is 35.9. The number of anilines is 4. The number of methoxy groups -OCH3 is 2. The third-order valence-electron chi connectivity index (χ3n) is 19.8. The maximum absolute atomic E-state index is 16.4. The molecule has 6 aliphatic rings. The predicted molar refractivity (Wildman–Crippen MR) is 423 cm³/mol. The molecule has 0 bridgehead atoms. The molecule has 0 saturated carbocycles. The van der Waals surface area contributed by atoms with Crippen LogP contribution in [0.5, 0.6) is 29.3 Å². The van der Waals surface area contributed by atoms with Gasteiger partial charge < -0.3 is 121 Å². The molecule has 18 N–H and O–H groups in total. The van der Waals surface area contributed by atoms with Crippen molar-refractivity contribution in [2.75, 3.05) is 142 Å².